The predicted octanol–water partition coefficient (Wildman–Crippen LogP) is 0.675. The van der Waals surface area contributed by atoms with Crippen molar-refractivity contribution < 1.29 is 19.7 Å². The summed E-state index contributed by atoms with van der Waals surface area (Å²) in [5.41, 5.74) is 1.09. The van der Waals surface area contributed by atoms with E-state index in [-0.39, 0.29) is 6.61 Å². The molecule has 0 saturated carbocycles. The summed E-state index contributed by atoms with van der Waals surface area (Å²) in [5.74, 6) is 7.02. The first kappa shape index (κ1) is 19.5. The van der Waals surface area contributed by atoms with Crippen molar-refractivity contribution in [2.75, 3.05) is 26.1 Å². The zero-order valence-electron chi connectivity index (χ0n) is 15.7. The highest BCUT2D eigenvalue weighted by molar-refractivity contribution is 5.83. The summed E-state index contributed by atoms with van der Waals surface area (Å²) in [6.45, 7) is 1.80. The number of methoxy groups -OCH3 is 1. The maximum atomic E-state index is 10.3. The second-order valence-corrected chi connectivity index (χ2v) is 6.31. The van der Waals surface area contributed by atoms with Gasteiger partial charge < -0.3 is 25.0 Å². The molecule has 0 bridgehead atoms. The van der Waals surface area contributed by atoms with Crippen LogP contribution in [0.15, 0.2) is 6.33 Å². The predicted molar refractivity (Wildman–Crippen MR) is 99.1 cm³/mol. The van der Waals surface area contributed by atoms with E-state index in [1.165, 1.54) is 7.11 Å². The Morgan fingerprint density at radius 2 is 2.22 bits per heavy atom. The number of fused-ring (bicyclic) bond motifs is 1. The van der Waals surface area contributed by atoms with Crippen LogP contribution in [0, 0.1) is 11.8 Å². The van der Waals surface area contributed by atoms with E-state index in [2.05, 4.69) is 39.0 Å². The summed E-state index contributed by atoms with van der Waals surface area (Å²) in [6.07, 6.45) is 1.43. The third kappa shape index (κ3) is 3.75. The van der Waals surface area contributed by atoms with Crippen LogP contribution in [0.1, 0.15) is 38.2 Å². The lowest BCUT2D eigenvalue weighted by Gasteiger charge is -2.20. The number of hydrogen-bond donors (Lipinski definition) is 3. The lowest BCUT2D eigenvalue weighted by atomic mass is 10.1. The monoisotopic (exact) mass is 375 g/mol. The number of aromatic nitrogens is 4. The Labute approximate surface area is 157 Å². The van der Waals surface area contributed by atoms with E-state index in [4.69, 9.17) is 9.47 Å². The third-order valence-electron chi connectivity index (χ3n) is 4.55. The van der Waals surface area contributed by atoms with Crippen molar-refractivity contribution >= 4 is 17.0 Å². The van der Waals surface area contributed by atoms with E-state index in [9.17, 15) is 10.2 Å². The van der Waals surface area contributed by atoms with Gasteiger partial charge in [-0.05, 0) is 12.3 Å². The van der Waals surface area contributed by atoms with Crippen LogP contribution in [0.3, 0.4) is 0 Å². The van der Waals surface area contributed by atoms with Gasteiger partial charge in [0.15, 0.2) is 23.2 Å². The third-order valence-corrected chi connectivity index (χ3v) is 4.55. The van der Waals surface area contributed by atoms with E-state index in [0.717, 1.165) is 19.3 Å². The molecule has 1 aliphatic heterocycles. The first-order valence-electron chi connectivity index (χ1n) is 9.02. The molecule has 27 heavy (non-hydrogen) atoms. The molecule has 0 amide bonds. The van der Waals surface area contributed by atoms with Crippen LogP contribution in [0.5, 0.6) is 0 Å². The summed E-state index contributed by atoms with van der Waals surface area (Å²) < 4.78 is 12.9. The Balaban J connectivity index is 2.02. The van der Waals surface area contributed by atoms with Gasteiger partial charge in [0, 0.05) is 20.6 Å². The first-order chi connectivity index (χ1) is 13.1. The van der Waals surface area contributed by atoms with Crippen LogP contribution in [0.4, 0.5) is 5.82 Å². The van der Waals surface area contributed by atoms with Crippen LogP contribution < -0.4 is 5.32 Å². The first-order valence-corrected chi connectivity index (χ1v) is 9.02. The molecule has 0 spiro atoms. The van der Waals surface area contributed by atoms with E-state index in [0.29, 0.717) is 22.8 Å². The summed E-state index contributed by atoms with van der Waals surface area (Å²) in [4.78, 5) is 13.3. The van der Waals surface area contributed by atoms with Crippen molar-refractivity contribution in [1.29, 1.82) is 0 Å². The molecule has 9 nitrogen and oxygen atoms in total. The molecule has 9 heteroatoms. The van der Waals surface area contributed by atoms with Gasteiger partial charge in [0.05, 0.1) is 12.9 Å². The maximum absolute atomic E-state index is 10.3. The number of aliphatic hydroxyl groups is 2. The molecule has 3 N–H and O–H groups in total. The van der Waals surface area contributed by atoms with E-state index < -0.39 is 24.5 Å². The molecule has 0 aromatic carbocycles. The molecule has 0 aliphatic carbocycles. The van der Waals surface area contributed by atoms with Crippen molar-refractivity contribution in [2.24, 2.45) is 0 Å². The molecule has 4 atom stereocenters. The largest absolute Gasteiger partial charge is 0.394 e. The van der Waals surface area contributed by atoms with Gasteiger partial charge in [0.25, 0.3) is 0 Å². The quantitative estimate of drug-likeness (QED) is 0.499. The SMILES string of the molecule is CCCCC#Cc1nc(NC)c2ncn([C@@H]3O[C@H](CO)[C@@H](O)[C@H]3OC)c2n1. The normalized spacial score (nSPS) is 24.8. The molecule has 0 radical (unpaired) electrons. The van der Waals surface area contributed by atoms with Crippen molar-refractivity contribution in [1.82, 2.24) is 19.5 Å². The smallest absolute Gasteiger partial charge is 0.208 e. The highest BCUT2D eigenvalue weighted by Crippen LogP contribution is 2.33. The van der Waals surface area contributed by atoms with Gasteiger partial charge in [-0.3, -0.25) is 4.57 Å². The zero-order valence-corrected chi connectivity index (χ0v) is 15.7. The minimum atomic E-state index is -0.957. The summed E-state index contributed by atoms with van der Waals surface area (Å²) in [5, 5.41) is 22.7. The number of anilines is 1. The van der Waals surface area contributed by atoms with Gasteiger partial charge in [-0.15, -0.1) is 0 Å². The lowest BCUT2D eigenvalue weighted by molar-refractivity contribution is -0.0583. The molecule has 146 valence electrons. The number of aliphatic hydroxyl groups excluding tert-OH is 2. The van der Waals surface area contributed by atoms with Gasteiger partial charge >= 0.3 is 0 Å². The topological polar surface area (TPSA) is 115 Å². The summed E-state index contributed by atoms with van der Waals surface area (Å²) in [7, 11) is 3.24. The van der Waals surface area contributed by atoms with E-state index >= 15 is 0 Å². The average molecular weight is 375 g/mol. The number of ether oxygens (including phenoxy) is 2. The Morgan fingerprint density at radius 1 is 1.41 bits per heavy atom. The fourth-order valence-corrected chi connectivity index (χ4v) is 3.09. The second-order valence-electron chi connectivity index (χ2n) is 6.31. The summed E-state index contributed by atoms with van der Waals surface area (Å²) >= 11 is 0. The average Bonchev–Trinajstić information content (AvgIpc) is 3.24. The van der Waals surface area contributed by atoms with Crippen molar-refractivity contribution in [3.63, 3.8) is 0 Å². The van der Waals surface area contributed by atoms with Crippen LogP contribution in [-0.4, -0.2) is 68.8 Å². The number of unbranched alkanes of at least 4 members (excludes halogenated alkanes) is 2. The molecule has 1 aliphatic rings. The Hall–Kier alpha value is -2.25. The van der Waals surface area contributed by atoms with Gasteiger partial charge in [-0.2, -0.15) is 0 Å². The van der Waals surface area contributed by atoms with Crippen molar-refractivity contribution in [3.05, 3.63) is 12.2 Å². The maximum Gasteiger partial charge on any atom is 0.208 e. The minimum absolute atomic E-state index is 0.310. The molecule has 3 rings (SSSR count). The Kier molecular flexibility index (Phi) is 6.23. The molecule has 1 saturated heterocycles. The molecule has 2 aromatic rings. The van der Waals surface area contributed by atoms with Gasteiger partial charge in [0.1, 0.15) is 18.3 Å². The van der Waals surface area contributed by atoms with Crippen molar-refractivity contribution in [3.8, 4) is 11.8 Å². The van der Waals surface area contributed by atoms with E-state index in [1.54, 1.807) is 17.9 Å². The van der Waals surface area contributed by atoms with Crippen LogP contribution >= 0.6 is 0 Å². The number of nitrogens with one attached hydrogen (secondary N) is 1. The Morgan fingerprint density at radius 3 is 2.89 bits per heavy atom. The Bertz CT molecular complexity index is 843. The fourth-order valence-electron chi connectivity index (χ4n) is 3.09. The zero-order chi connectivity index (χ0) is 19.4. The molecule has 1 fully saturated rings. The second kappa shape index (κ2) is 8.63. The van der Waals surface area contributed by atoms with E-state index in [1.807, 2.05) is 0 Å². The number of imidazole rings is 1. The lowest BCUT2D eigenvalue weighted by Crippen LogP contribution is -2.34. The molecule has 3 heterocycles. The van der Waals surface area contributed by atoms with Crippen LogP contribution in [0.2, 0.25) is 0 Å². The standard InChI is InChI=1S/C18H25N5O4/c1-4-5-6-7-8-12-21-16(19-2)13-17(22-12)23(10-20-13)18-15(26-3)14(25)11(9-24)27-18/h10-11,14-15,18,24-25H,4-6,9H2,1-3H3,(H,19,21,22)/t11-,14-,15-,18-/m1/s1. The molecular weight excluding hydrogens is 350 g/mol. The molecule has 2 aromatic heterocycles. The number of rotatable bonds is 6. The minimum Gasteiger partial charge on any atom is -0.394 e. The highest BCUT2D eigenvalue weighted by Gasteiger charge is 2.45. The van der Waals surface area contributed by atoms with Crippen LogP contribution in [0.25, 0.3) is 11.2 Å². The molecule has 0 unspecified atom stereocenters. The highest BCUT2D eigenvalue weighted by atomic mass is 16.6. The van der Waals surface area contributed by atoms with Gasteiger partial charge in [0.2, 0.25) is 5.82 Å². The number of nitrogens with zero attached hydrogens (tertiary/aromatic N) is 4. The summed E-state index contributed by atoms with van der Waals surface area (Å²) in [6, 6.07) is 0. The van der Waals surface area contributed by atoms with Crippen molar-refractivity contribution in [2.45, 2.75) is 50.7 Å². The van der Waals surface area contributed by atoms with Crippen LogP contribution in [-0.2, 0) is 9.47 Å². The van der Waals surface area contributed by atoms with Gasteiger partial charge in [-0.1, -0.05) is 19.3 Å². The van der Waals surface area contributed by atoms with Gasteiger partial charge in [-0.25, -0.2) is 15.0 Å². The molecular formula is C18H25N5O4. The number of hydrogen-bond acceptors (Lipinski definition) is 8. The fraction of sp³-hybridized carbons (Fsp3) is 0.611.